The highest BCUT2D eigenvalue weighted by Gasteiger charge is 2.21. The number of imidazole rings is 1. The van der Waals surface area contributed by atoms with Crippen LogP contribution in [0.5, 0.6) is 0 Å². The summed E-state index contributed by atoms with van der Waals surface area (Å²) in [5.74, 6) is 0. The molecule has 4 rings (SSSR count). The topological polar surface area (TPSA) is 73.8 Å². The van der Waals surface area contributed by atoms with Crippen molar-refractivity contribution in [2.45, 2.75) is 25.4 Å². The second-order valence-electron chi connectivity index (χ2n) is 6.56. The predicted octanol–water partition coefficient (Wildman–Crippen LogP) is 0.711. The molecule has 130 valence electrons. The van der Waals surface area contributed by atoms with E-state index in [0.717, 1.165) is 24.0 Å². The van der Waals surface area contributed by atoms with Crippen molar-refractivity contribution in [3.63, 3.8) is 0 Å². The van der Waals surface area contributed by atoms with Gasteiger partial charge >= 0.3 is 5.69 Å². The second-order valence-corrected chi connectivity index (χ2v) is 6.56. The van der Waals surface area contributed by atoms with Crippen molar-refractivity contribution in [3.05, 3.63) is 62.6 Å². The van der Waals surface area contributed by atoms with Crippen LogP contribution in [0.4, 0.5) is 0 Å². The number of rotatable bonds is 4. The highest BCUT2D eigenvalue weighted by atomic mass is 16.2. The molecule has 0 fully saturated rings. The smallest absolute Gasteiger partial charge is 0.323 e. The summed E-state index contributed by atoms with van der Waals surface area (Å²) in [6, 6.07) is 8.88. The van der Waals surface area contributed by atoms with E-state index in [1.807, 2.05) is 4.57 Å². The van der Waals surface area contributed by atoms with Crippen molar-refractivity contribution in [2.75, 3.05) is 6.54 Å². The van der Waals surface area contributed by atoms with Gasteiger partial charge in [0.05, 0.1) is 6.33 Å². The fourth-order valence-electron chi connectivity index (χ4n) is 3.69. The molecule has 7 nitrogen and oxygen atoms in total. The zero-order valence-electron chi connectivity index (χ0n) is 14.4. The van der Waals surface area contributed by atoms with Crippen LogP contribution < -0.4 is 16.6 Å². The van der Waals surface area contributed by atoms with E-state index < -0.39 is 0 Å². The molecule has 7 heteroatoms. The zero-order chi connectivity index (χ0) is 17.6. The highest BCUT2D eigenvalue weighted by molar-refractivity contribution is 5.69. The van der Waals surface area contributed by atoms with E-state index >= 15 is 0 Å². The van der Waals surface area contributed by atoms with E-state index in [2.05, 4.69) is 34.6 Å². The summed E-state index contributed by atoms with van der Waals surface area (Å²) in [5, 5.41) is 3.57. The Balaban J connectivity index is 1.55. The lowest BCUT2D eigenvalue weighted by molar-refractivity contribution is 0.503. The van der Waals surface area contributed by atoms with Gasteiger partial charge in [0.25, 0.3) is 5.56 Å². The van der Waals surface area contributed by atoms with Gasteiger partial charge in [-0.3, -0.25) is 13.9 Å². The number of aromatic nitrogens is 4. The first kappa shape index (κ1) is 15.8. The summed E-state index contributed by atoms with van der Waals surface area (Å²) < 4.78 is 4.36. The van der Waals surface area contributed by atoms with Gasteiger partial charge in [0.15, 0.2) is 11.2 Å². The number of nitrogens with one attached hydrogen (secondary N) is 1. The summed E-state index contributed by atoms with van der Waals surface area (Å²) in [5.41, 5.74) is 3.02. The fourth-order valence-corrected chi connectivity index (χ4v) is 3.69. The average molecular weight is 339 g/mol. The van der Waals surface area contributed by atoms with Gasteiger partial charge in [-0.1, -0.05) is 24.3 Å². The quantitative estimate of drug-likeness (QED) is 0.760. The van der Waals surface area contributed by atoms with Crippen LogP contribution in [-0.2, 0) is 27.1 Å². The summed E-state index contributed by atoms with van der Waals surface area (Å²) >= 11 is 0. The van der Waals surface area contributed by atoms with Crippen LogP contribution in [0.15, 0.2) is 40.2 Å². The number of nitrogens with zero attached hydrogens (tertiary/aromatic N) is 4. The van der Waals surface area contributed by atoms with Crippen molar-refractivity contribution in [1.29, 1.82) is 0 Å². The molecular weight excluding hydrogens is 318 g/mol. The number of hydrogen-bond acceptors (Lipinski definition) is 4. The van der Waals surface area contributed by atoms with Crippen molar-refractivity contribution in [2.24, 2.45) is 14.1 Å². The lowest BCUT2D eigenvalue weighted by Crippen LogP contribution is -2.37. The van der Waals surface area contributed by atoms with Crippen LogP contribution in [0.25, 0.3) is 11.2 Å². The van der Waals surface area contributed by atoms with Gasteiger partial charge in [0.1, 0.15) is 0 Å². The third kappa shape index (κ3) is 2.51. The minimum Gasteiger partial charge on any atom is -0.323 e. The first-order chi connectivity index (χ1) is 12.1. The summed E-state index contributed by atoms with van der Waals surface area (Å²) in [6.07, 6.45) is 3.83. The number of hydrogen-bond donors (Lipinski definition) is 1. The van der Waals surface area contributed by atoms with E-state index in [0.29, 0.717) is 23.8 Å². The van der Waals surface area contributed by atoms with Crippen molar-refractivity contribution < 1.29 is 0 Å². The number of aryl methyl sites for hydroxylation is 2. The molecule has 1 unspecified atom stereocenters. The fraction of sp³-hybridized carbons (Fsp3) is 0.389. The maximum Gasteiger partial charge on any atom is 0.332 e. The second kappa shape index (κ2) is 6.00. The highest BCUT2D eigenvalue weighted by Crippen LogP contribution is 2.30. The first-order valence-electron chi connectivity index (χ1n) is 8.50. The van der Waals surface area contributed by atoms with Crippen molar-refractivity contribution in [1.82, 2.24) is 24.0 Å². The lowest BCUT2D eigenvalue weighted by Gasteiger charge is -2.14. The van der Waals surface area contributed by atoms with Crippen LogP contribution in [-0.4, -0.2) is 25.2 Å². The Labute approximate surface area is 144 Å². The van der Waals surface area contributed by atoms with Crippen LogP contribution in [0, 0.1) is 0 Å². The molecule has 2 heterocycles. The van der Waals surface area contributed by atoms with Crippen LogP contribution in [0.2, 0.25) is 0 Å². The van der Waals surface area contributed by atoms with E-state index in [4.69, 9.17) is 0 Å². The summed E-state index contributed by atoms with van der Waals surface area (Å²) in [4.78, 5) is 28.7. The van der Waals surface area contributed by atoms with Gasteiger partial charge in [0, 0.05) is 33.2 Å². The van der Waals surface area contributed by atoms with Crippen LogP contribution in [0.3, 0.4) is 0 Å². The molecule has 2 aromatic heterocycles. The normalized spacial score (nSPS) is 16.5. The molecule has 0 amide bonds. The van der Waals surface area contributed by atoms with E-state index in [9.17, 15) is 9.59 Å². The molecule has 1 aliphatic rings. The molecule has 0 aliphatic heterocycles. The van der Waals surface area contributed by atoms with Crippen LogP contribution >= 0.6 is 0 Å². The Kier molecular flexibility index (Phi) is 3.80. The molecule has 1 aromatic carbocycles. The van der Waals surface area contributed by atoms with E-state index in [1.54, 1.807) is 13.4 Å². The predicted molar refractivity (Wildman–Crippen MR) is 95.7 cm³/mol. The average Bonchev–Trinajstić information content (AvgIpc) is 3.23. The van der Waals surface area contributed by atoms with Crippen molar-refractivity contribution >= 4 is 11.2 Å². The number of benzene rings is 1. The molecule has 0 saturated carbocycles. The van der Waals surface area contributed by atoms with Gasteiger partial charge in [-0.15, -0.1) is 0 Å². The van der Waals surface area contributed by atoms with Crippen molar-refractivity contribution in [3.8, 4) is 0 Å². The van der Waals surface area contributed by atoms with Gasteiger partial charge in [-0.05, 0) is 24.0 Å². The van der Waals surface area contributed by atoms with E-state index in [-0.39, 0.29) is 11.2 Å². The Bertz CT molecular complexity index is 1060. The lowest BCUT2D eigenvalue weighted by atomic mass is 10.1. The molecule has 1 atom stereocenters. The maximum atomic E-state index is 12.4. The molecule has 3 aromatic rings. The molecule has 25 heavy (non-hydrogen) atoms. The zero-order valence-corrected chi connectivity index (χ0v) is 14.4. The molecule has 0 saturated heterocycles. The monoisotopic (exact) mass is 339 g/mol. The standard InChI is InChI=1S/C18H21N5O2/c1-21-16-15(17(24)22(2)18(21)25)23(11-20-16)10-9-19-14-8-7-12-5-3-4-6-13(12)14/h3-6,11,14,19H,7-10H2,1-2H3. The Morgan fingerprint density at radius 2 is 2.00 bits per heavy atom. The summed E-state index contributed by atoms with van der Waals surface area (Å²) in [7, 11) is 3.13. The molecule has 0 spiro atoms. The van der Waals surface area contributed by atoms with Crippen LogP contribution in [0.1, 0.15) is 23.6 Å². The third-order valence-corrected chi connectivity index (χ3v) is 5.09. The maximum absolute atomic E-state index is 12.4. The molecule has 0 radical (unpaired) electrons. The SMILES string of the molecule is Cn1c(=O)c2c(ncn2CCNC2CCc3ccccc32)n(C)c1=O. The van der Waals surface area contributed by atoms with Gasteiger partial charge in [-0.2, -0.15) is 0 Å². The first-order valence-corrected chi connectivity index (χ1v) is 8.50. The largest absolute Gasteiger partial charge is 0.332 e. The molecule has 1 N–H and O–H groups in total. The molecule has 0 bridgehead atoms. The van der Waals surface area contributed by atoms with Gasteiger partial charge in [0.2, 0.25) is 0 Å². The minimum absolute atomic E-state index is 0.304. The third-order valence-electron chi connectivity index (χ3n) is 5.09. The Hall–Kier alpha value is -2.67. The minimum atomic E-state index is -0.358. The molecule has 1 aliphatic carbocycles. The van der Waals surface area contributed by atoms with E-state index in [1.165, 1.54) is 22.7 Å². The Morgan fingerprint density at radius 3 is 2.84 bits per heavy atom. The number of fused-ring (bicyclic) bond motifs is 2. The van der Waals surface area contributed by atoms with Gasteiger partial charge < -0.3 is 9.88 Å². The molecular formula is C18H21N5O2. The summed E-state index contributed by atoms with van der Waals surface area (Å²) in [6.45, 7) is 1.36. The Morgan fingerprint density at radius 1 is 1.20 bits per heavy atom. The van der Waals surface area contributed by atoms with Gasteiger partial charge in [-0.25, -0.2) is 9.78 Å².